The van der Waals surface area contributed by atoms with E-state index in [1.54, 1.807) is 24.5 Å². The summed E-state index contributed by atoms with van der Waals surface area (Å²) in [6.45, 7) is 6.75. The van der Waals surface area contributed by atoms with E-state index in [-0.39, 0.29) is 0 Å². The van der Waals surface area contributed by atoms with Crippen LogP contribution in [0.5, 0.6) is 11.6 Å². The number of hydrogen-bond acceptors (Lipinski definition) is 5. The molecule has 0 radical (unpaired) electrons. The normalized spacial score (nSPS) is 10.0. The molecular formula is C16H18N4O. The zero-order valence-corrected chi connectivity index (χ0v) is 12.5. The highest BCUT2D eigenvalue weighted by Crippen LogP contribution is 2.28. The number of ether oxygens (including phenoxy) is 1. The van der Waals surface area contributed by atoms with E-state index in [0.717, 1.165) is 29.8 Å². The Hall–Kier alpha value is -2.61. The Morgan fingerprint density at radius 3 is 2.57 bits per heavy atom. The van der Waals surface area contributed by atoms with Crippen LogP contribution in [0.4, 0.5) is 5.82 Å². The average molecular weight is 282 g/mol. The van der Waals surface area contributed by atoms with Gasteiger partial charge in [0, 0.05) is 6.54 Å². The lowest BCUT2D eigenvalue weighted by molar-refractivity contribution is 0.454. The molecule has 21 heavy (non-hydrogen) atoms. The molecule has 0 saturated heterocycles. The van der Waals surface area contributed by atoms with E-state index in [9.17, 15) is 0 Å². The number of nitriles is 1. The molecule has 0 fully saturated rings. The van der Waals surface area contributed by atoms with Crippen LogP contribution in [-0.4, -0.2) is 16.5 Å². The second-order valence-electron chi connectivity index (χ2n) is 4.82. The van der Waals surface area contributed by atoms with Crippen molar-refractivity contribution in [2.75, 3.05) is 11.9 Å². The van der Waals surface area contributed by atoms with Gasteiger partial charge in [-0.3, -0.25) is 4.98 Å². The van der Waals surface area contributed by atoms with Gasteiger partial charge in [-0.15, -0.1) is 0 Å². The van der Waals surface area contributed by atoms with Gasteiger partial charge in [0.2, 0.25) is 5.88 Å². The Morgan fingerprint density at radius 1 is 1.24 bits per heavy atom. The molecule has 0 saturated carbocycles. The number of hydrogen-bond donors (Lipinski definition) is 1. The number of nitrogens with one attached hydrogen (secondary N) is 1. The Labute approximate surface area is 124 Å². The summed E-state index contributed by atoms with van der Waals surface area (Å²) >= 11 is 0. The first-order valence-electron chi connectivity index (χ1n) is 6.89. The van der Waals surface area contributed by atoms with Crippen LogP contribution < -0.4 is 10.1 Å². The second kappa shape index (κ2) is 6.71. The van der Waals surface area contributed by atoms with Gasteiger partial charge >= 0.3 is 0 Å². The summed E-state index contributed by atoms with van der Waals surface area (Å²) in [6.07, 6.45) is 4.26. The number of benzene rings is 1. The molecule has 1 heterocycles. The van der Waals surface area contributed by atoms with Gasteiger partial charge in [-0.05, 0) is 43.5 Å². The molecule has 1 aromatic heterocycles. The van der Waals surface area contributed by atoms with Crippen LogP contribution in [0, 0.1) is 25.2 Å². The van der Waals surface area contributed by atoms with E-state index in [2.05, 4.69) is 28.3 Å². The third-order valence-corrected chi connectivity index (χ3v) is 2.96. The Kier molecular flexibility index (Phi) is 4.72. The first-order chi connectivity index (χ1) is 10.1. The molecule has 0 spiro atoms. The molecule has 0 aliphatic heterocycles. The third-order valence-electron chi connectivity index (χ3n) is 2.96. The van der Waals surface area contributed by atoms with Crippen molar-refractivity contribution in [3.05, 3.63) is 41.2 Å². The quantitative estimate of drug-likeness (QED) is 0.907. The SMILES string of the molecule is CCCNc1cncc(Oc2c(C)cc(C#N)cc2C)n1. The molecule has 0 amide bonds. The molecular weight excluding hydrogens is 264 g/mol. The van der Waals surface area contributed by atoms with Gasteiger partial charge in [-0.1, -0.05) is 6.92 Å². The van der Waals surface area contributed by atoms with Crippen LogP contribution >= 0.6 is 0 Å². The maximum Gasteiger partial charge on any atom is 0.239 e. The third kappa shape index (κ3) is 3.69. The monoisotopic (exact) mass is 282 g/mol. The van der Waals surface area contributed by atoms with Crippen molar-refractivity contribution >= 4 is 5.82 Å². The first kappa shape index (κ1) is 14.8. The van der Waals surface area contributed by atoms with E-state index < -0.39 is 0 Å². The fraction of sp³-hybridized carbons (Fsp3) is 0.312. The van der Waals surface area contributed by atoms with Crippen LogP contribution in [0.3, 0.4) is 0 Å². The van der Waals surface area contributed by atoms with Crippen LogP contribution in [0.25, 0.3) is 0 Å². The minimum atomic E-state index is 0.437. The molecule has 2 rings (SSSR count). The second-order valence-corrected chi connectivity index (χ2v) is 4.82. The lowest BCUT2D eigenvalue weighted by Gasteiger charge is -2.12. The zero-order valence-electron chi connectivity index (χ0n) is 12.5. The van der Waals surface area contributed by atoms with Crippen molar-refractivity contribution in [2.45, 2.75) is 27.2 Å². The fourth-order valence-corrected chi connectivity index (χ4v) is 2.02. The van der Waals surface area contributed by atoms with Crippen LogP contribution in [0.2, 0.25) is 0 Å². The van der Waals surface area contributed by atoms with E-state index in [1.165, 1.54) is 0 Å². The van der Waals surface area contributed by atoms with E-state index in [0.29, 0.717) is 17.3 Å². The summed E-state index contributed by atoms with van der Waals surface area (Å²) in [7, 11) is 0. The lowest BCUT2D eigenvalue weighted by Crippen LogP contribution is -2.03. The summed E-state index contributed by atoms with van der Waals surface area (Å²) < 4.78 is 5.84. The molecule has 0 unspecified atom stereocenters. The molecule has 2 aromatic rings. The summed E-state index contributed by atoms with van der Waals surface area (Å²) in [5, 5.41) is 12.1. The largest absolute Gasteiger partial charge is 0.437 e. The highest BCUT2D eigenvalue weighted by molar-refractivity contribution is 5.48. The van der Waals surface area contributed by atoms with Crippen LogP contribution in [-0.2, 0) is 0 Å². The summed E-state index contributed by atoms with van der Waals surface area (Å²) in [6, 6.07) is 5.74. The predicted molar refractivity (Wildman–Crippen MR) is 81.5 cm³/mol. The minimum Gasteiger partial charge on any atom is -0.437 e. The summed E-state index contributed by atoms with van der Waals surface area (Å²) in [5.41, 5.74) is 2.43. The number of anilines is 1. The first-order valence-corrected chi connectivity index (χ1v) is 6.89. The average Bonchev–Trinajstić information content (AvgIpc) is 2.49. The lowest BCUT2D eigenvalue weighted by atomic mass is 10.1. The molecule has 0 atom stereocenters. The van der Waals surface area contributed by atoms with Gasteiger partial charge < -0.3 is 10.1 Å². The molecule has 5 nitrogen and oxygen atoms in total. The maximum absolute atomic E-state index is 8.96. The molecule has 0 aliphatic rings. The smallest absolute Gasteiger partial charge is 0.239 e. The molecule has 0 aliphatic carbocycles. The molecule has 1 N–H and O–H groups in total. The standard InChI is InChI=1S/C16H18N4O/c1-4-5-19-14-9-18-10-15(20-14)21-16-11(2)6-13(8-17)7-12(16)3/h6-7,9-10H,4-5H2,1-3H3,(H,19,20). The Morgan fingerprint density at radius 2 is 1.95 bits per heavy atom. The fourth-order valence-electron chi connectivity index (χ4n) is 2.02. The molecule has 1 aromatic carbocycles. The highest BCUT2D eigenvalue weighted by atomic mass is 16.5. The maximum atomic E-state index is 8.96. The topological polar surface area (TPSA) is 70.8 Å². The van der Waals surface area contributed by atoms with Crippen LogP contribution in [0.1, 0.15) is 30.0 Å². The van der Waals surface area contributed by atoms with E-state index in [4.69, 9.17) is 10.00 Å². The summed E-state index contributed by atoms with van der Waals surface area (Å²) in [4.78, 5) is 8.49. The number of nitrogens with zero attached hydrogens (tertiary/aromatic N) is 3. The van der Waals surface area contributed by atoms with Crippen molar-refractivity contribution in [3.8, 4) is 17.7 Å². The Bertz CT molecular complexity index is 653. The van der Waals surface area contributed by atoms with Crippen molar-refractivity contribution in [3.63, 3.8) is 0 Å². The minimum absolute atomic E-state index is 0.437. The van der Waals surface area contributed by atoms with Gasteiger partial charge in [-0.25, -0.2) is 0 Å². The molecule has 0 bridgehead atoms. The molecule has 5 heteroatoms. The molecule has 108 valence electrons. The Balaban J connectivity index is 2.24. The van der Waals surface area contributed by atoms with Crippen molar-refractivity contribution in [1.82, 2.24) is 9.97 Å². The van der Waals surface area contributed by atoms with Gasteiger partial charge in [0.05, 0.1) is 24.0 Å². The van der Waals surface area contributed by atoms with Gasteiger partial charge in [-0.2, -0.15) is 10.2 Å². The van der Waals surface area contributed by atoms with Crippen molar-refractivity contribution in [1.29, 1.82) is 5.26 Å². The highest BCUT2D eigenvalue weighted by Gasteiger charge is 2.09. The van der Waals surface area contributed by atoms with Crippen LogP contribution in [0.15, 0.2) is 24.5 Å². The van der Waals surface area contributed by atoms with Gasteiger partial charge in [0.25, 0.3) is 0 Å². The number of aryl methyl sites for hydroxylation is 2. The zero-order chi connectivity index (χ0) is 15.2. The number of aromatic nitrogens is 2. The predicted octanol–water partition coefficient (Wildman–Crippen LogP) is 3.58. The van der Waals surface area contributed by atoms with Crippen molar-refractivity contribution < 1.29 is 4.74 Å². The van der Waals surface area contributed by atoms with Gasteiger partial charge in [0.15, 0.2) is 0 Å². The number of rotatable bonds is 5. The summed E-state index contributed by atoms with van der Waals surface area (Å²) in [5.74, 6) is 1.85. The van der Waals surface area contributed by atoms with Crippen molar-refractivity contribution in [2.24, 2.45) is 0 Å². The van der Waals surface area contributed by atoms with E-state index >= 15 is 0 Å². The van der Waals surface area contributed by atoms with Gasteiger partial charge in [0.1, 0.15) is 11.6 Å². The van der Waals surface area contributed by atoms with E-state index in [1.807, 2.05) is 13.8 Å².